The van der Waals surface area contributed by atoms with Gasteiger partial charge in [-0.15, -0.1) is 0 Å². The maximum absolute atomic E-state index is 12.4. The Balaban J connectivity index is 2.97. The largest absolute Gasteiger partial charge is 0.383 e. The Morgan fingerprint density at radius 2 is 1.89 bits per heavy atom. The van der Waals surface area contributed by atoms with Crippen LogP contribution in [0.1, 0.15) is 45.2 Å². The van der Waals surface area contributed by atoms with Gasteiger partial charge in [0.2, 0.25) is 0 Å². The molecule has 0 saturated heterocycles. The van der Waals surface area contributed by atoms with Crippen LogP contribution in [0.25, 0.3) is 11.0 Å². The van der Waals surface area contributed by atoms with Gasteiger partial charge < -0.3 is 5.73 Å². The molecule has 0 atom stereocenters. The van der Waals surface area contributed by atoms with Gasteiger partial charge in [0.25, 0.3) is 5.56 Å². The smallest absolute Gasteiger partial charge is 0.255 e. The average Bonchev–Trinajstić information content (AvgIpc) is 2.27. The highest BCUT2D eigenvalue weighted by atomic mass is 16.1. The van der Waals surface area contributed by atoms with Crippen LogP contribution in [0.3, 0.4) is 0 Å². The lowest BCUT2D eigenvalue weighted by molar-refractivity contribution is 0.586. The van der Waals surface area contributed by atoms with Gasteiger partial charge >= 0.3 is 0 Å². The summed E-state index contributed by atoms with van der Waals surface area (Å²) >= 11 is 0. The van der Waals surface area contributed by atoms with Crippen molar-refractivity contribution in [3.05, 3.63) is 28.3 Å². The lowest BCUT2D eigenvalue weighted by atomic mass is 10.0. The van der Waals surface area contributed by atoms with E-state index in [4.69, 9.17) is 5.73 Å². The molecule has 0 unspecified atom stereocenters. The number of pyridine rings is 1. The van der Waals surface area contributed by atoms with Crippen LogP contribution in [0.4, 0.5) is 5.82 Å². The summed E-state index contributed by atoms with van der Waals surface area (Å²) in [6, 6.07) is 1.85. The van der Waals surface area contributed by atoms with Gasteiger partial charge in [0.05, 0.1) is 5.39 Å². The standard InChI is InChI=1S/C13H18N4O/c1-7(2)9-5-10-11(14)15-6-16-12(10)17(8(3)4)13(9)18/h5-8H,1-4H3,(H2,14,15,16). The van der Waals surface area contributed by atoms with E-state index in [9.17, 15) is 4.79 Å². The van der Waals surface area contributed by atoms with E-state index >= 15 is 0 Å². The fourth-order valence-corrected chi connectivity index (χ4v) is 2.08. The number of fused-ring (bicyclic) bond motifs is 1. The summed E-state index contributed by atoms with van der Waals surface area (Å²) in [6.07, 6.45) is 1.39. The molecular formula is C13H18N4O. The van der Waals surface area contributed by atoms with Crippen molar-refractivity contribution >= 4 is 16.9 Å². The molecule has 0 aliphatic heterocycles. The number of nitrogens with two attached hydrogens (primary N) is 1. The predicted molar refractivity (Wildman–Crippen MR) is 72.7 cm³/mol. The first-order chi connectivity index (χ1) is 8.43. The summed E-state index contributed by atoms with van der Waals surface area (Å²) in [4.78, 5) is 20.6. The summed E-state index contributed by atoms with van der Waals surface area (Å²) in [5.74, 6) is 0.558. The van der Waals surface area contributed by atoms with Gasteiger partial charge in [-0.3, -0.25) is 9.36 Å². The first-order valence-corrected chi connectivity index (χ1v) is 6.09. The van der Waals surface area contributed by atoms with Crippen LogP contribution < -0.4 is 11.3 Å². The Bertz CT molecular complexity index is 643. The van der Waals surface area contributed by atoms with Crippen LogP contribution in [0.15, 0.2) is 17.2 Å². The van der Waals surface area contributed by atoms with Crippen LogP contribution in [0.2, 0.25) is 0 Å². The zero-order valence-corrected chi connectivity index (χ0v) is 11.1. The highest BCUT2D eigenvalue weighted by Gasteiger charge is 2.16. The molecule has 2 N–H and O–H groups in total. The second kappa shape index (κ2) is 4.40. The molecule has 18 heavy (non-hydrogen) atoms. The van der Waals surface area contributed by atoms with Crippen LogP contribution in [0.5, 0.6) is 0 Å². The van der Waals surface area contributed by atoms with E-state index in [1.54, 1.807) is 4.57 Å². The average molecular weight is 246 g/mol. The summed E-state index contributed by atoms with van der Waals surface area (Å²) in [5, 5.41) is 0.745. The molecule has 2 aromatic rings. The van der Waals surface area contributed by atoms with Gasteiger partial charge in [0, 0.05) is 11.6 Å². The zero-order chi connectivity index (χ0) is 13.4. The Morgan fingerprint density at radius 1 is 1.22 bits per heavy atom. The summed E-state index contributed by atoms with van der Waals surface area (Å²) in [7, 11) is 0. The van der Waals surface area contributed by atoms with Crippen molar-refractivity contribution in [2.24, 2.45) is 0 Å². The second-order valence-corrected chi connectivity index (χ2v) is 5.02. The third-order valence-corrected chi connectivity index (χ3v) is 3.03. The number of nitrogen functional groups attached to an aromatic ring is 1. The Kier molecular flexibility index (Phi) is 3.07. The van der Waals surface area contributed by atoms with Crippen molar-refractivity contribution in [1.82, 2.24) is 14.5 Å². The molecule has 5 nitrogen and oxygen atoms in total. The molecule has 0 radical (unpaired) electrons. The topological polar surface area (TPSA) is 73.8 Å². The number of hydrogen-bond donors (Lipinski definition) is 1. The fourth-order valence-electron chi connectivity index (χ4n) is 2.08. The van der Waals surface area contributed by atoms with Crippen molar-refractivity contribution in [2.75, 3.05) is 5.73 Å². The third-order valence-electron chi connectivity index (χ3n) is 3.03. The van der Waals surface area contributed by atoms with E-state index in [2.05, 4.69) is 9.97 Å². The molecular weight excluding hydrogens is 228 g/mol. The van der Waals surface area contributed by atoms with Gasteiger partial charge in [-0.2, -0.15) is 0 Å². The van der Waals surface area contributed by atoms with E-state index in [-0.39, 0.29) is 17.5 Å². The zero-order valence-electron chi connectivity index (χ0n) is 11.1. The van der Waals surface area contributed by atoms with E-state index < -0.39 is 0 Å². The van der Waals surface area contributed by atoms with Crippen LogP contribution in [-0.2, 0) is 0 Å². The molecule has 2 heterocycles. The lowest BCUT2D eigenvalue weighted by Gasteiger charge is -2.16. The third kappa shape index (κ3) is 1.85. The minimum atomic E-state index is 0.00519. The van der Waals surface area contributed by atoms with Crippen molar-refractivity contribution < 1.29 is 0 Å². The minimum absolute atomic E-state index is 0.00519. The molecule has 0 spiro atoms. The lowest BCUT2D eigenvalue weighted by Crippen LogP contribution is -2.27. The monoisotopic (exact) mass is 246 g/mol. The Hall–Kier alpha value is -1.91. The van der Waals surface area contributed by atoms with E-state index in [1.807, 2.05) is 33.8 Å². The molecule has 5 heteroatoms. The molecule has 0 saturated carbocycles. The fraction of sp³-hybridized carbons (Fsp3) is 0.462. The van der Waals surface area contributed by atoms with Crippen LogP contribution in [-0.4, -0.2) is 14.5 Å². The molecule has 2 rings (SSSR count). The number of hydrogen-bond acceptors (Lipinski definition) is 4. The van der Waals surface area contributed by atoms with Crippen molar-refractivity contribution in [1.29, 1.82) is 0 Å². The maximum atomic E-state index is 12.4. The molecule has 0 aliphatic carbocycles. The normalized spacial score (nSPS) is 11.7. The Morgan fingerprint density at radius 3 is 2.44 bits per heavy atom. The second-order valence-electron chi connectivity index (χ2n) is 5.02. The quantitative estimate of drug-likeness (QED) is 0.880. The van der Waals surface area contributed by atoms with Crippen LogP contribution >= 0.6 is 0 Å². The van der Waals surface area contributed by atoms with Gasteiger partial charge in [0.15, 0.2) is 0 Å². The first kappa shape index (κ1) is 12.5. The minimum Gasteiger partial charge on any atom is -0.383 e. The first-order valence-electron chi connectivity index (χ1n) is 6.09. The van der Waals surface area contributed by atoms with Gasteiger partial charge in [-0.1, -0.05) is 13.8 Å². The molecule has 0 fully saturated rings. The number of rotatable bonds is 2. The highest BCUT2D eigenvalue weighted by Crippen LogP contribution is 2.22. The van der Waals surface area contributed by atoms with E-state index in [0.29, 0.717) is 11.5 Å². The van der Waals surface area contributed by atoms with Crippen molar-refractivity contribution in [3.8, 4) is 0 Å². The SMILES string of the molecule is CC(C)c1cc2c(N)ncnc2n(C(C)C)c1=O. The number of nitrogens with zero attached hydrogens (tertiary/aromatic N) is 3. The molecule has 2 aromatic heterocycles. The summed E-state index contributed by atoms with van der Waals surface area (Å²) in [5.41, 5.74) is 7.23. The van der Waals surface area contributed by atoms with Gasteiger partial charge in [-0.25, -0.2) is 9.97 Å². The van der Waals surface area contributed by atoms with E-state index in [1.165, 1.54) is 6.33 Å². The molecule has 0 bridgehead atoms. The van der Waals surface area contributed by atoms with Crippen molar-refractivity contribution in [3.63, 3.8) is 0 Å². The predicted octanol–water partition coefficient (Wildman–Crippen LogP) is 2.08. The van der Waals surface area contributed by atoms with Crippen LogP contribution in [0, 0.1) is 0 Å². The summed E-state index contributed by atoms with van der Waals surface area (Å²) < 4.78 is 1.68. The van der Waals surface area contributed by atoms with Gasteiger partial charge in [0.1, 0.15) is 17.8 Å². The molecule has 96 valence electrons. The Labute approximate surface area is 106 Å². The summed E-state index contributed by atoms with van der Waals surface area (Å²) in [6.45, 7) is 7.91. The molecule has 0 aliphatic rings. The molecule has 0 aromatic carbocycles. The van der Waals surface area contributed by atoms with Gasteiger partial charge in [-0.05, 0) is 25.8 Å². The van der Waals surface area contributed by atoms with Crippen molar-refractivity contribution in [2.45, 2.75) is 39.7 Å². The molecule has 0 amide bonds. The maximum Gasteiger partial charge on any atom is 0.255 e. The number of anilines is 1. The highest BCUT2D eigenvalue weighted by molar-refractivity contribution is 5.85. The van der Waals surface area contributed by atoms with E-state index in [0.717, 1.165) is 10.9 Å². The number of aromatic nitrogens is 3.